The molecule has 4 saturated carbocycles. The lowest BCUT2D eigenvalue weighted by molar-refractivity contribution is -0.147. The summed E-state index contributed by atoms with van der Waals surface area (Å²) >= 11 is 0. The van der Waals surface area contributed by atoms with Gasteiger partial charge in [0.25, 0.3) is 10.1 Å². The summed E-state index contributed by atoms with van der Waals surface area (Å²) in [6.45, 7) is 1.89. The average Bonchev–Trinajstić information content (AvgIpc) is 3.46. The predicted molar refractivity (Wildman–Crippen MR) is 320 cm³/mol. The number of nitrogens with zero attached hydrogens (tertiary/aromatic N) is 1. The van der Waals surface area contributed by atoms with Crippen molar-refractivity contribution in [1.29, 1.82) is 0 Å². The summed E-state index contributed by atoms with van der Waals surface area (Å²) in [6.07, 6.45) is 15.6. The molecule has 25 heteroatoms. The smallest absolute Gasteiger partial charge is 0.332 e. The third-order valence-electron chi connectivity index (χ3n) is 14.4. The van der Waals surface area contributed by atoms with Gasteiger partial charge in [0.2, 0.25) is 0 Å². The zero-order valence-corrected chi connectivity index (χ0v) is 50.3. The Hall–Kier alpha value is -8.29. The van der Waals surface area contributed by atoms with E-state index in [1.165, 1.54) is 74.9 Å². The van der Waals surface area contributed by atoms with Crippen LogP contribution in [0.2, 0.25) is 0 Å². The molecule has 0 saturated heterocycles. The summed E-state index contributed by atoms with van der Waals surface area (Å²) in [5, 5.41) is 12.4. The Balaban J connectivity index is 0.000000235. The maximum Gasteiger partial charge on any atom is 0.332 e. The number of amides is 4. The molecule has 0 bridgehead atoms. The Morgan fingerprint density at radius 2 is 0.841 bits per heavy atom. The van der Waals surface area contributed by atoms with Gasteiger partial charge in [-0.3, -0.25) is 19.2 Å². The first-order chi connectivity index (χ1) is 42.1. The van der Waals surface area contributed by atoms with Gasteiger partial charge in [0.15, 0.2) is 0 Å². The third-order valence-corrected chi connectivity index (χ3v) is 15.8. The Morgan fingerprint density at radius 1 is 0.511 bits per heavy atom. The van der Waals surface area contributed by atoms with E-state index in [4.69, 9.17) is 38.7 Å². The number of phenols is 1. The molecule has 0 radical (unpaired) electrons. The number of ether oxygens (including phenoxy) is 5. The number of hydrazine groups is 1. The minimum absolute atomic E-state index is 0.00284. The van der Waals surface area contributed by atoms with Crippen LogP contribution in [0.15, 0.2) is 131 Å². The number of hydrogen-bond acceptors (Lipinski definition) is 16. The topological polar surface area (TPSA) is 310 Å². The van der Waals surface area contributed by atoms with E-state index in [-0.39, 0.29) is 88.0 Å². The largest absolute Gasteiger partial charge is 0.508 e. The molecule has 5 aromatic rings. The number of carbonyl (C=O) groups is 5. The summed E-state index contributed by atoms with van der Waals surface area (Å²) in [4.78, 5) is 53.4. The molecular weight excluding hydrogens is 1170 g/mol. The first kappa shape index (κ1) is 72.2. The number of rotatable bonds is 14. The second-order valence-corrected chi connectivity index (χ2v) is 22.6. The Kier molecular flexibility index (Phi) is 31.8. The number of nitrogens with two attached hydrogens (primary N) is 3. The van der Waals surface area contributed by atoms with Crippen molar-refractivity contribution in [2.24, 2.45) is 46.1 Å². The van der Waals surface area contributed by atoms with E-state index >= 15 is 0 Å². The number of hydrazone groups is 1. The number of phenolic OH excluding ortho intramolecular Hbond substituents is 1. The van der Waals surface area contributed by atoms with Gasteiger partial charge in [0.05, 0.1) is 55.4 Å². The van der Waals surface area contributed by atoms with Gasteiger partial charge in [0.1, 0.15) is 52.6 Å². The van der Waals surface area contributed by atoms with Crippen LogP contribution in [0.4, 0.5) is 27.2 Å². The minimum atomic E-state index is -3.74. The van der Waals surface area contributed by atoms with Gasteiger partial charge in [-0.2, -0.15) is 13.5 Å². The highest BCUT2D eigenvalue weighted by Gasteiger charge is 2.31. The molecule has 5 aromatic carbocycles. The normalized spacial score (nSPS) is 21.1. The van der Waals surface area contributed by atoms with Crippen LogP contribution in [0.1, 0.15) is 108 Å². The molecule has 0 unspecified atom stereocenters. The highest BCUT2D eigenvalue weighted by atomic mass is 32.2. The van der Waals surface area contributed by atoms with Crippen LogP contribution in [-0.2, 0) is 38.2 Å². The maximum atomic E-state index is 12.8. The number of hydrogen-bond donors (Lipinski definition) is 6. The summed E-state index contributed by atoms with van der Waals surface area (Å²) in [5.74, 6) is 5.53. The fourth-order valence-corrected chi connectivity index (χ4v) is 10.7. The van der Waals surface area contributed by atoms with E-state index in [0.29, 0.717) is 48.8 Å². The van der Waals surface area contributed by atoms with Gasteiger partial charge < -0.3 is 45.1 Å². The van der Waals surface area contributed by atoms with Gasteiger partial charge in [-0.25, -0.2) is 38.4 Å². The molecule has 4 amide bonds. The van der Waals surface area contributed by atoms with E-state index in [9.17, 15) is 50.0 Å². The maximum absolute atomic E-state index is 12.8. The lowest BCUT2D eigenvalue weighted by atomic mass is 9.87. The van der Waals surface area contributed by atoms with Crippen LogP contribution >= 0.6 is 0 Å². The quantitative estimate of drug-likeness (QED) is 0.00880. The highest BCUT2D eigenvalue weighted by Crippen LogP contribution is 2.32. The number of methoxy groups -OCH3 is 2. The number of aromatic hydroxyl groups is 1. The van der Waals surface area contributed by atoms with E-state index in [1.807, 2.05) is 6.92 Å². The van der Waals surface area contributed by atoms with E-state index in [2.05, 4.69) is 22.1 Å². The number of aryl methyl sites for hydroxylation is 1. The summed E-state index contributed by atoms with van der Waals surface area (Å²) in [7, 11) is -0.948. The minimum Gasteiger partial charge on any atom is -0.508 e. The van der Waals surface area contributed by atoms with Gasteiger partial charge in [-0.1, -0.05) is 17.7 Å². The molecule has 4 aliphatic carbocycles. The van der Waals surface area contributed by atoms with Crippen molar-refractivity contribution in [1.82, 2.24) is 10.9 Å². The lowest BCUT2D eigenvalue weighted by Crippen LogP contribution is -2.34. The molecule has 0 aromatic heterocycles. The first-order valence-electron chi connectivity index (χ1n) is 28.7. The van der Waals surface area contributed by atoms with E-state index < -0.39 is 22.2 Å². The second-order valence-electron chi connectivity index (χ2n) is 21.0. The highest BCUT2D eigenvalue weighted by molar-refractivity contribution is 7.86. The van der Waals surface area contributed by atoms with Crippen molar-refractivity contribution in [3.63, 3.8) is 0 Å². The zero-order chi connectivity index (χ0) is 64.4. The number of primary amides is 2. The monoisotopic (exact) mass is 1250 g/mol. The van der Waals surface area contributed by atoms with Crippen LogP contribution in [0.5, 0.6) is 23.0 Å². The number of urea groups is 2. The summed E-state index contributed by atoms with van der Waals surface area (Å²) < 4.78 is 107. The number of halogens is 4. The van der Waals surface area contributed by atoms with E-state index in [0.717, 1.165) is 88.9 Å². The Morgan fingerprint density at radius 3 is 1.16 bits per heavy atom. The average molecular weight is 1250 g/mol. The third kappa shape index (κ3) is 28.5. The number of carbonyl (C=O) groups excluding carboxylic acids is 5. The summed E-state index contributed by atoms with van der Waals surface area (Å²) in [5.41, 5.74) is 14.2. The van der Waals surface area contributed by atoms with E-state index in [1.54, 1.807) is 72.3 Å². The number of nitrogens with one attached hydrogen (secondary N) is 2. The van der Waals surface area contributed by atoms with Crippen molar-refractivity contribution in [3.8, 4) is 23.0 Å². The van der Waals surface area contributed by atoms with Gasteiger partial charge in [-0.05, 0) is 225 Å². The molecule has 480 valence electrons. The van der Waals surface area contributed by atoms with Crippen molar-refractivity contribution < 1.29 is 82.9 Å². The summed E-state index contributed by atoms with van der Waals surface area (Å²) in [6, 6.07) is 28.4. The van der Waals surface area contributed by atoms with Gasteiger partial charge in [-0.15, -0.1) is 0 Å². The fourth-order valence-electron chi connectivity index (χ4n) is 9.55. The van der Waals surface area contributed by atoms with Gasteiger partial charge in [0, 0.05) is 12.1 Å². The van der Waals surface area contributed by atoms with Crippen molar-refractivity contribution >= 4 is 46.6 Å². The number of esters is 2. The SMILES string of the molecule is COC(=O)C1CCC(OS(=O)(=O)c2ccc(C)cc2)CC1.COC(=O)C1CCC(Oc2ccc(F)cc2)CC1.NC(=O)N/N=C/C1CCC(Oc2ccc(F)cc2)CC1.NNC(N)=O.O=CC1CCC(Oc2ccc(F)cc2)CC1.Oc1ccc(F)cc1. The molecule has 20 nitrogen and oxygen atoms in total. The Bertz CT molecular complexity index is 2970. The molecule has 0 atom stereocenters. The number of benzene rings is 5. The molecule has 4 aliphatic rings. The van der Waals surface area contributed by atoms with Crippen LogP contribution in [-0.4, -0.2) is 88.7 Å². The lowest BCUT2D eigenvalue weighted by Gasteiger charge is -2.27. The molecule has 0 heterocycles. The van der Waals surface area contributed by atoms with Crippen molar-refractivity contribution in [2.45, 2.75) is 139 Å². The molecule has 9 N–H and O–H groups in total. The molecule has 9 rings (SSSR count). The van der Waals surface area contributed by atoms with Crippen LogP contribution in [0, 0.1) is 53.9 Å². The molecule has 88 heavy (non-hydrogen) atoms. The molecule has 4 fully saturated rings. The van der Waals surface area contributed by atoms with Crippen LogP contribution in [0.25, 0.3) is 0 Å². The molecular formula is C63H80F4N6O14S. The van der Waals surface area contributed by atoms with Gasteiger partial charge >= 0.3 is 24.0 Å². The molecule has 0 spiro atoms. The predicted octanol–water partition coefficient (Wildman–Crippen LogP) is 10.8. The molecule has 0 aliphatic heterocycles. The Labute approximate surface area is 510 Å². The fraction of sp³-hybridized carbons (Fsp3) is 0.429. The first-order valence-corrected chi connectivity index (χ1v) is 30.2. The second kappa shape index (κ2) is 38.8. The van der Waals surface area contributed by atoms with Crippen LogP contribution in [0.3, 0.4) is 0 Å². The van der Waals surface area contributed by atoms with Crippen molar-refractivity contribution in [3.05, 3.63) is 150 Å². The standard InChI is InChI=1S/C15H20O5S.C14H18FN3O2.C14H17FO3.C13H15FO2.C6H5FO.CH5N3O/c1-11-3-9-14(10-4-11)21(17,18)20-13-7-5-12(6-8-13)15(16)19-2;15-11-3-7-13(8-4-11)20-12-5-1-10(2-6-12)9-17-18-14(16)19;1-17-14(16)10-2-6-12(7-3-10)18-13-8-4-11(15)5-9-13;14-11-3-7-13(8-4-11)16-12-5-1-10(9-15)2-6-12;7-5-1-3-6(8)4-2-5;2-1(5)4-3/h3-4,9-10,12-13H,5-8H2,1-2H3;3-4,7-10,12H,1-2,5-6H2,(H3,16,18,19);4-5,8-10,12H,2-3,6-7H2,1H3;3-4,7-10,12H,1-2,5-6H2;1-4,8H;3H2,(H3,2,4,5)/b;17-9+;;;;. The number of aldehydes is 1. The van der Waals surface area contributed by atoms with Crippen molar-refractivity contribution in [2.75, 3.05) is 14.2 Å². The van der Waals surface area contributed by atoms with Crippen LogP contribution < -0.4 is 42.4 Å². The zero-order valence-electron chi connectivity index (χ0n) is 49.5.